The van der Waals surface area contributed by atoms with Gasteiger partial charge in [0, 0.05) is 6.61 Å². The summed E-state index contributed by atoms with van der Waals surface area (Å²) >= 11 is 0. The Morgan fingerprint density at radius 2 is 1.05 bits per heavy atom. The second-order valence-corrected chi connectivity index (χ2v) is 7.02. The predicted molar refractivity (Wildman–Crippen MR) is 93.9 cm³/mol. The van der Waals surface area contributed by atoms with Crippen LogP contribution in [0.3, 0.4) is 0 Å². The summed E-state index contributed by atoms with van der Waals surface area (Å²) in [7, 11) is 0. The van der Waals surface area contributed by atoms with E-state index in [1.807, 2.05) is 0 Å². The minimum atomic E-state index is 0.562. The van der Waals surface area contributed by atoms with Crippen LogP contribution in [0.15, 0.2) is 0 Å². The Labute approximate surface area is 134 Å². The highest BCUT2D eigenvalue weighted by atomic mass is 16.5. The number of ether oxygens (including phenoxy) is 1. The highest BCUT2D eigenvalue weighted by molar-refractivity contribution is 4.61. The van der Waals surface area contributed by atoms with Crippen molar-refractivity contribution in [3.05, 3.63) is 0 Å². The van der Waals surface area contributed by atoms with Crippen molar-refractivity contribution in [2.24, 2.45) is 0 Å². The standard InChI is InChI=1S/C20H40O/c1-2-3-16-19-21-20-17-14-12-10-8-6-4-5-7-9-11-13-15-18-20/h20H,2-19H2,1H3. The van der Waals surface area contributed by atoms with E-state index in [4.69, 9.17) is 4.74 Å². The third-order valence-electron chi connectivity index (χ3n) is 4.90. The van der Waals surface area contributed by atoms with Gasteiger partial charge >= 0.3 is 0 Å². The quantitative estimate of drug-likeness (QED) is 0.494. The molecule has 1 saturated carbocycles. The second-order valence-electron chi connectivity index (χ2n) is 7.02. The molecule has 126 valence electrons. The van der Waals surface area contributed by atoms with Crippen molar-refractivity contribution in [3.8, 4) is 0 Å². The van der Waals surface area contributed by atoms with Crippen molar-refractivity contribution in [2.45, 2.75) is 122 Å². The molecule has 0 saturated heterocycles. The Morgan fingerprint density at radius 1 is 0.619 bits per heavy atom. The second kappa shape index (κ2) is 14.9. The highest BCUT2D eigenvalue weighted by Gasteiger charge is 2.09. The maximum Gasteiger partial charge on any atom is 0.0575 e. The summed E-state index contributed by atoms with van der Waals surface area (Å²) in [6, 6.07) is 0. The van der Waals surface area contributed by atoms with Crippen LogP contribution in [0.4, 0.5) is 0 Å². The molecule has 0 amide bonds. The Bertz CT molecular complexity index is 186. The molecule has 0 aromatic carbocycles. The van der Waals surface area contributed by atoms with Crippen LogP contribution < -0.4 is 0 Å². The summed E-state index contributed by atoms with van der Waals surface area (Å²) in [6.45, 7) is 3.27. The zero-order chi connectivity index (χ0) is 15.0. The molecule has 0 aliphatic heterocycles. The fraction of sp³-hybridized carbons (Fsp3) is 1.00. The van der Waals surface area contributed by atoms with Crippen molar-refractivity contribution in [1.82, 2.24) is 0 Å². The van der Waals surface area contributed by atoms with Gasteiger partial charge in [0.1, 0.15) is 0 Å². The van der Waals surface area contributed by atoms with Gasteiger partial charge in [-0.3, -0.25) is 0 Å². The minimum Gasteiger partial charge on any atom is -0.378 e. The number of rotatable bonds is 5. The van der Waals surface area contributed by atoms with E-state index in [1.165, 1.54) is 109 Å². The first-order valence-electron chi connectivity index (χ1n) is 10.0. The third kappa shape index (κ3) is 12.2. The summed E-state index contributed by atoms with van der Waals surface area (Å²) in [4.78, 5) is 0. The monoisotopic (exact) mass is 296 g/mol. The number of unbranched alkanes of at least 4 members (excludes halogenated alkanes) is 2. The van der Waals surface area contributed by atoms with Crippen LogP contribution in [0.5, 0.6) is 0 Å². The zero-order valence-electron chi connectivity index (χ0n) is 14.7. The molecule has 21 heavy (non-hydrogen) atoms. The Hall–Kier alpha value is -0.0400. The van der Waals surface area contributed by atoms with Crippen molar-refractivity contribution in [2.75, 3.05) is 6.61 Å². The van der Waals surface area contributed by atoms with Crippen LogP contribution in [-0.2, 0) is 4.74 Å². The molecule has 1 heteroatoms. The van der Waals surface area contributed by atoms with Crippen LogP contribution in [0.25, 0.3) is 0 Å². The van der Waals surface area contributed by atoms with E-state index < -0.39 is 0 Å². The van der Waals surface area contributed by atoms with Gasteiger partial charge in [0.2, 0.25) is 0 Å². The van der Waals surface area contributed by atoms with Crippen molar-refractivity contribution >= 4 is 0 Å². The Kier molecular flexibility index (Phi) is 13.5. The summed E-state index contributed by atoms with van der Waals surface area (Å²) in [6.07, 6.45) is 24.4. The summed E-state index contributed by atoms with van der Waals surface area (Å²) in [5, 5.41) is 0. The lowest BCUT2D eigenvalue weighted by molar-refractivity contribution is 0.0359. The van der Waals surface area contributed by atoms with Gasteiger partial charge in [0.15, 0.2) is 0 Å². The molecule has 0 aromatic heterocycles. The molecule has 0 aromatic rings. The van der Waals surface area contributed by atoms with Gasteiger partial charge in [-0.1, -0.05) is 96.8 Å². The number of hydrogen-bond acceptors (Lipinski definition) is 1. The molecule has 0 unspecified atom stereocenters. The van der Waals surface area contributed by atoms with Crippen LogP contribution in [0, 0.1) is 0 Å². The molecule has 1 fully saturated rings. The fourth-order valence-corrected chi connectivity index (χ4v) is 3.42. The molecule has 1 rings (SSSR count). The van der Waals surface area contributed by atoms with E-state index in [0.717, 1.165) is 6.61 Å². The molecule has 1 nitrogen and oxygen atoms in total. The van der Waals surface area contributed by atoms with E-state index in [1.54, 1.807) is 0 Å². The lowest BCUT2D eigenvalue weighted by Gasteiger charge is -2.18. The van der Waals surface area contributed by atoms with Gasteiger partial charge in [0.05, 0.1) is 6.10 Å². The first-order chi connectivity index (χ1) is 10.4. The molecule has 0 heterocycles. The summed E-state index contributed by atoms with van der Waals surface area (Å²) < 4.78 is 6.17. The Morgan fingerprint density at radius 3 is 1.48 bits per heavy atom. The summed E-state index contributed by atoms with van der Waals surface area (Å²) in [5.74, 6) is 0. The van der Waals surface area contributed by atoms with Gasteiger partial charge < -0.3 is 4.74 Å². The maximum atomic E-state index is 6.17. The maximum absolute atomic E-state index is 6.17. The SMILES string of the molecule is CCCCCOC1CCCCCCCCCCCCCC1. The average molecular weight is 297 g/mol. The summed E-state index contributed by atoms with van der Waals surface area (Å²) in [5.41, 5.74) is 0. The van der Waals surface area contributed by atoms with Crippen molar-refractivity contribution in [1.29, 1.82) is 0 Å². The van der Waals surface area contributed by atoms with E-state index in [-0.39, 0.29) is 0 Å². The smallest absolute Gasteiger partial charge is 0.0575 e. The van der Waals surface area contributed by atoms with Crippen molar-refractivity contribution in [3.63, 3.8) is 0 Å². The van der Waals surface area contributed by atoms with E-state index in [0.29, 0.717) is 6.10 Å². The first kappa shape index (κ1) is 19.0. The molecule has 0 N–H and O–H groups in total. The van der Waals surface area contributed by atoms with E-state index in [9.17, 15) is 0 Å². The molecule has 0 atom stereocenters. The predicted octanol–water partition coefficient (Wildman–Crippen LogP) is 7.04. The van der Waals surface area contributed by atoms with Crippen LogP contribution in [-0.4, -0.2) is 12.7 Å². The van der Waals surface area contributed by atoms with Gasteiger partial charge in [-0.25, -0.2) is 0 Å². The lowest BCUT2D eigenvalue weighted by Crippen LogP contribution is -2.14. The van der Waals surface area contributed by atoms with Gasteiger partial charge in [0.25, 0.3) is 0 Å². The topological polar surface area (TPSA) is 9.23 Å². The minimum absolute atomic E-state index is 0.562. The molecule has 0 bridgehead atoms. The van der Waals surface area contributed by atoms with Crippen LogP contribution >= 0.6 is 0 Å². The zero-order valence-corrected chi connectivity index (χ0v) is 14.7. The van der Waals surface area contributed by atoms with Gasteiger partial charge in [-0.05, 0) is 19.3 Å². The Balaban J connectivity index is 2.20. The fourth-order valence-electron chi connectivity index (χ4n) is 3.42. The molecular weight excluding hydrogens is 256 g/mol. The van der Waals surface area contributed by atoms with E-state index in [2.05, 4.69) is 6.92 Å². The normalized spacial score (nSPS) is 21.6. The van der Waals surface area contributed by atoms with Crippen LogP contribution in [0.1, 0.15) is 116 Å². The van der Waals surface area contributed by atoms with E-state index >= 15 is 0 Å². The van der Waals surface area contributed by atoms with Crippen LogP contribution in [0.2, 0.25) is 0 Å². The first-order valence-corrected chi connectivity index (χ1v) is 10.0. The molecule has 0 spiro atoms. The third-order valence-corrected chi connectivity index (χ3v) is 4.90. The largest absolute Gasteiger partial charge is 0.378 e. The van der Waals surface area contributed by atoms with Gasteiger partial charge in [-0.2, -0.15) is 0 Å². The molecule has 1 aliphatic rings. The molecule has 1 aliphatic carbocycles. The molecular formula is C20H40O. The number of hydrogen-bond donors (Lipinski definition) is 0. The highest BCUT2D eigenvalue weighted by Crippen LogP contribution is 2.19. The van der Waals surface area contributed by atoms with Crippen molar-refractivity contribution < 1.29 is 4.74 Å². The van der Waals surface area contributed by atoms with Gasteiger partial charge in [-0.15, -0.1) is 0 Å². The molecule has 0 radical (unpaired) electrons. The lowest BCUT2D eigenvalue weighted by atomic mass is 10.0. The average Bonchev–Trinajstić information content (AvgIpc) is 2.51.